The van der Waals surface area contributed by atoms with Crippen LogP contribution in [0.3, 0.4) is 0 Å². The van der Waals surface area contributed by atoms with Crippen LogP contribution in [0.4, 0.5) is 8.78 Å². The molecule has 0 aliphatic carbocycles. The molecule has 1 aromatic carbocycles. The molecule has 0 fully saturated rings. The molecule has 1 heterocycles. The molecule has 1 atom stereocenters. The Labute approximate surface area is 120 Å². The molecule has 2 aromatic rings. The van der Waals surface area contributed by atoms with E-state index in [2.05, 4.69) is 9.97 Å². The molecule has 1 unspecified atom stereocenters. The van der Waals surface area contributed by atoms with Crippen LogP contribution in [0.5, 0.6) is 0 Å². The zero-order chi connectivity index (χ0) is 14.5. The van der Waals surface area contributed by atoms with E-state index >= 15 is 0 Å². The molecule has 0 saturated heterocycles. The van der Waals surface area contributed by atoms with Gasteiger partial charge in [-0.15, -0.1) is 0 Å². The first-order valence-electron chi connectivity index (χ1n) is 6.28. The van der Waals surface area contributed by atoms with Gasteiger partial charge in [0, 0.05) is 18.4 Å². The van der Waals surface area contributed by atoms with Crippen molar-refractivity contribution in [1.29, 1.82) is 0 Å². The molecule has 106 valence electrons. The van der Waals surface area contributed by atoms with Crippen molar-refractivity contribution in [1.82, 2.24) is 9.97 Å². The third-order valence-electron chi connectivity index (χ3n) is 2.82. The third-order valence-corrected chi connectivity index (χ3v) is 3.80. The Morgan fingerprint density at radius 3 is 2.35 bits per heavy atom. The molecule has 0 radical (unpaired) electrons. The van der Waals surface area contributed by atoms with E-state index in [-0.39, 0.29) is 10.9 Å². The van der Waals surface area contributed by atoms with Crippen molar-refractivity contribution in [3.63, 3.8) is 0 Å². The predicted molar refractivity (Wildman–Crippen MR) is 74.5 cm³/mol. The first-order chi connectivity index (χ1) is 9.60. The third kappa shape index (κ3) is 3.74. The smallest absolute Gasteiger partial charge is 0.192 e. The van der Waals surface area contributed by atoms with Gasteiger partial charge in [-0.25, -0.2) is 18.7 Å². The van der Waals surface area contributed by atoms with Gasteiger partial charge in [0.05, 0.1) is 4.90 Å². The Bertz CT molecular complexity index is 555. The number of benzene rings is 1. The highest BCUT2D eigenvalue weighted by Gasteiger charge is 2.15. The maximum atomic E-state index is 14.0. The highest BCUT2D eigenvalue weighted by molar-refractivity contribution is 7.99. The lowest BCUT2D eigenvalue weighted by Crippen LogP contribution is -2.21. The lowest BCUT2D eigenvalue weighted by atomic mass is 10.0. The molecule has 0 spiro atoms. The zero-order valence-electron chi connectivity index (χ0n) is 11.0. The number of nitrogens with two attached hydrogens (primary N) is 1. The quantitative estimate of drug-likeness (QED) is 0.861. The second kappa shape index (κ2) is 6.76. The number of rotatable bonds is 5. The Balaban J connectivity index is 2.23. The predicted octanol–water partition coefficient (Wildman–Crippen LogP) is 3.19. The van der Waals surface area contributed by atoms with Gasteiger partial charge in [0.25, 0.3) is 0 Å². The minimum atomic E-state index is -0.610. The molecule has 1 aromatic heterocycles. The minimum Gasteiger partial charge on any atom is -0.327 e. The summed E-state index contributed by atoms with van der Waals surface area (Å²) < 4.78 is 28.0. The van der Waals surface area contributed by atoms with Crippen molar-refractivity contribution in [2.24, 2.45) is 5.73 Å². The molecular formula is C14H15F2N3S. The molecule has 0 saturated carbocycles. The monoisotopic (exact) mass is 295 g/mol. The van der Waals surface area contributed by atoms with Crippen molar-refractivity contribution in [2.45, 2.75) is 35.9 Å². The van der Waals surface area contributed by atoms with Crippen LogP contribution in [0.2, 0.25) is 0 Å². The van der Waals surface area contributed by atoms with Crippen molar-refractivity contribution >= 4 is 11.8 Å². The van der Waals surface area contributed by atoms with Gasteiger partial charge in [0.2, 0.25) is 0 Å². The van der Waals surface area contributed by atoms with E-state index in [9.17, 15) is 8.78 Å². The van der Waals surface area contributed by atoms with Gasteiger partial charge in [0.1, 0.15) is 11.6 Å². The SMILES string of the molecule is CCC(N)Cc1cc(F)c(Sc2ncccn2)c(F)c1. The summed E-state index contributed by atoms with van der Waals surface area (Å²) in [5.41, 5.74) is 6.36. The van der Waals surface area contributed by atoms with Crippen molar-refractivity contribution in [3.05, 3.63) is 47.8 Å². The summed E-state index contributed by atoms with van der Waals surface area (Å²) in [7, 11) is 0. The number of hydrogen-bond acceptors (Lipinski definition) is 4. The van der Waals surface area contributed by atoms with Crippen LogP contribution in [-0.4, -0.2) is 16.0 Å². The normalized spacial score (nSPS) is 12.4. The van der Waals surface area contributed by atoms with Crippen LogP contribution < -0.4 is 5.73 Å². The molecule has 0 aliphatic rings. The largest absolute Gasteiger partial charge is 0.327 e. The molecule has 6 heteroatoms. The first kappa shape index (κ1) is 14.9. The summed E-state index contributed by atoms with van der Waals surface area (Å²) in [6.07, 6.45) is 4.27. The molecule has 3 nitrogen and oxygen atoms in total. The number of halogens is 2. The van der Waals surface area contributed by atoms with Gasteiger partial charge in [-0.3, -0.25) is 0 Å². The maximum Gasteiger partial charge on any atom is 0.192 e. The van der Waals surface area contributed by atoms with Crippen LogP contribution in [0, 0.1) is 11.6 Å². The Morgan fingerprint density at radius 1 is 1.20 bits per heavy atom. The van der Waals surface area contributed by atoms with Crippen LogP contribution in [0.15, 0.2) is 40.6 Å². The van der Waals surface area contributed by atoms with Crippen LogP contribution >= 0.6 is 11.8 Å². The maximum absolute atomic E-state index is 14.0. The lowest BCUT2D eigenvalue weighted by molar-refractivity contribution is 0.533. The van der Waals surface area contributed by atoms with E-state index < -0.39 is 11.6 Å². The lowest BCUT2D eigenvalue weighted by Gasteiger charge is -2.10. The molecule has 2 N–H and O–H groups in total. The zero-order valence-corrected chi connectivity index (χ0v) is 11.8. The van der Waals surface area contributed by atoms with Gasteiger partial charge in [-0.2, -0.15) is 0 Å². The Kier molecular flexibility index (Phi) is 5.03. The van der Waals surface area contributed by atoms with E-state index in [0.29, 0.717) is 17.1 Å². The van der Waals surface area contributed by atoms with Crippen LogP contribution in [0.25, 0.3) is 0 Å². The first-order valence-corrected chi connectivity index (χ1v) is 7.10. The number of hydrogen-bond donors (Lipinski definition) is 1. The van der Waals surface area contributed by atoms with E-state index in [1.165, 1.54) is 24.5 Å². The molecule has 0 amide bonds. The van der Waals surface area contributed by atoms with Crippen LogP contribution in [0.1, 0.15) is 18.9 Å². The Hall–Kier alpha value is -1.53. The van der Waals surface area contributed by atoms with Gasteiger partial charge in [-0.05, 0) is 48.4 Å². The van der Waals surface area contributed by atoms with Crippen molar-refractivity contribution in [2.75, 3.05) is 0 Å². The fraction of sp³-hybridized carbons (Fsp3) is 0.286. The minimum absolute atomic E-state index is 0.0926. The fourth-order valence-electron chi connectivity index (χ4n) is 1.70. The van der Waals surface area contributed by atoms with Gasteiger partial charge in [0.15, 0.2) is 5.16 Å². The second-order valence-corrected chi connectivity index (χ2v) is 5.37. The second-order valence-electron chi connectivity index (χ2n) is 4.39. The highest BCUT2D eigenvalue weighted by Crippen LogP contribution is 2.30. The summed E-state index contributed by atoms with van der Waals surface area (Å²) in [5.74, 6) is -1.22. The van der Waals surface area contributed by atoms with Crippen molar-refractivity contribution in [3.8, 4) is 0 Å². The van der Waals surface area contributed by atoms with E-state index in [1.54, 1.807) is 6.07 Å². The van der Waals surface area contributed by atoms with E-state index in [4.69, 9.17) is 5.73 Å². The molecular weight excluding hydrogens is 280 g/mol. The average Bonchev–Trinajstić information content (AvgIpc) is 2.44. The molecule has 0 bridgehead atoms. The molecule has 20 heavy (non-hydrogen) atoms. The Morgan fingerprint density at radius 2 is 1.80 bits per heavy atom. The van der Waals surface area contributed by atoms with Crippen molar-refractivity contribution < 1.29 is 8.78 Å². The van der Waals surface area contributed by atoms with E-state index in [0.717, 1.165) is 18.2 Å². The van der Waals surface area contributed by atoms with Crippen LogP contribution in [-0.2, 0) is 6.42 Å². The van der Waals surface area contributed by atoms with E-state index in [1.807, 2.05) is 6.92 Å². The standard InChI is InChI=1S/C14H15F2N3S/c1-2-10(17)6-9-7-11(15)13(12(16)8-9)20-14-18-4-3-5-19-14/h3-5,7-8,10H,2,6,17H2,1H3. The summed E-state index contributed by atoms with van der Waals surface area (Å²) in [6.45, 7) is 1.94. The van der Waals surface area contributed by atoms with Gasteiger partial charge < -0.3 is 5.73 Å². The summed E-state index contributed by atoms with van der Waals surface area (Å²) in [4.78, 5) is 7.79. The molecule has 0 aliphatic heterocycles. The molecule has 2 rings (SSSR count). The summed E-state index contributed by atoms with van der Waals surface area (Å²) in [6, 6.07) is 4.20. The summed E-state index contributed by atoms with van der Waals surface area (Å²) in [5, 5.41) is 0.309. The van der Waals surface area contributed by atoms with Gasteiger partial charge >= 0.3 is 0 Å². The highest BCUT2D eigenvalue weighted by atomic mass is 32.2. The topological polar surface area (TPSA) is 51.8 Å². The number of nitrogens with zero attached hydrogens (tertiary/aromatic N) is 2. The fourth-order valence-corrected chi connectivity index (χ4v) is 2.43. The number of aromatic nitrogens is 2. The van der Waals surface area contributed by atoms with Gasteiger partial charge in [-0.1, -0.05) is 6.92 Å². The summed E-state index contributed by atoms with van der Waals surface area (Å²) >= 11 is 0.871. The average molecular weight is 295 g/mol.